The first-order valence-corrected chi connectivity index (χ1v) is 12.9. The van der Waals surface area contributed by atoms with Crippen LogP contribution in [-0.2, 0) is 14.3 Å². The first-order valence-electron chi connectivity index (χ1n) is 12.9. The molecular weight excluding hydrogens is 458 g/mol. The molecule has 2 unspecified atom stereocenters. The number of nitrogens with one attached hydrogen (secondary N) is 2. The number of aliphatic hydroxyl groups excluding tert-OH is 1. The average Bonchev–Trinajstić information content (AvgIpc) is 2.75. The molecule has 1 aromatic carbocycles. The molecule has 0 aromatic heterocycles. The van der Waals surface area contributed by atoms with Crippen molar-refractivity contribution in [3.8, 4) is 0 Å². The summed E-state index contributed by atoms with van der Waals surface area (Å²) in [6, 6.07) is 3.70. The first-order chi connectivity index (χ1) is 16.6. The lowest BCUT2D eigenvalue weighted by Gasteiger charge is -2.43. The number of nitrogens with zero attached hydrogens (tertiary/aromatic N) is 1. The van der Waals surface area contributed by atoms with E-state index in [-0.39, 0.29) is 11.9 Å². The van der Waals surface area contributed by atoms with E-state index in [1.54, 1.807) is 20.8 Å². The molecule has 2 rings (SSSR count). The lowest BCUT2D eigenvalue weighted by molar-refractivity contribution is -0.149. The van der Waals surface area contributed by atoms with Gasteiger partial charge in [0.1, 0.15) is 17.7 Å². The standard InChI is InChI=1S/C28H45N3O5/c1-18-14-15-19(2)21(16-18)23(24(33)29-20-12-10-9-11-13-20)31(27(3,4)5)25(34)22(17-32)30-26(35)36-28(6,7)8/h14-16,20,22-23,32H,9-13,17H2,1-8H3,(H,29,33)(H,30,35). The molecule has 3 amide bonds. The molecule has 8 nitrogen and oxygen atoms in total. The number of carbonyl (C=O) groups excluding carboxylic acids is 3. The molecule has 1 aromatic rings. The van der Waals surface area contributed by atoms with Crippen LogP contribution in [0.25, 0.3) is 0 Å². The number of benzene rings is 1. The fourth-order valence-corrected chi connectivity index (χ4v) is 4.63. The van der Waals surface area contributed by atoms with Crippen molar-refractivity contribution in [1.29, 1.82) is 0 Å². The van der Waals surface area contributed by atoms with Crippen molar-refractivity contribution >= 4 is 17.9 Å². The summed E-state index contributed by atoms with van der Waals surface area (Å²) in [5.41, 5.74) is 1.01. The highest BCUT2D eigenvalue weighted by molar-refractivity contribution is 5.93. The highest BCUT2D eigenvalue weighted by Gasteiger charge is 2.42. The van der Waals surface area contributed by atoms with Gasteiger partial charge in [-0.25, -0.2) is 4.79 Å². The SMILES string of the molecule is Cc1ccc(C)c(C(C(=O)NC2CCCCC2)N(C(=O)C(CO)NC(=O)OC(C)(C)C)C(C)(C)C)c1. The third kappa shape index (κ3) is 8.22. The van der Waals surface area contributed by atoms with Gasteiger partial charge in [-0.2, -0.15) is 0 Å². The summed E-state index contributed by atoms with van der Waals surface area (Å²) in [7, 11) is 0. The molecule has 36 heavy (non-hydrogen) atoms. The van der Waals surface area contributed by atoms with Crippen LogP contribution in [0.4, 0.5) is 4.79 Å². The second-order valence-electron chi connectivity index (χ2n) is 11.9. The number of ether oxygens (including phenoxy) is 1. The van der Waals surface area contributed by atoms with Crippen LogP contribution in [0.1, 0.15) is 96.4 Å². The van der Waals surface area contributed by atoms with Gasteiger partial charge in [-0.05, 0) is 79.4 Å². The van der Waals surface area contributed by atoms with Crippen molar-refractivity contribution < 1.29 is 24.2 Å². The van der Waals surface area contributed by atoms with Crippen molar-refractivity contribution in [2.24, 2.45) is 0 Å². The van der Waals surface area contributed by atoms with Gasteiger partial charge in [-0.15, -0.1) is 0 Å². The van der Waals surface area contributed by atoms with Gasteiger partial charge in [-0.1, -0.05) is 43.0 Å². The molecular formula is C28H45N3O5. The van der Waals surface area contributed by atoms with Gasteiger partial charge < -0.3 is 25.4 Å². The maximum atomic E-state index is 13.9. The number of hydrogen-bond acceptors (Lipinski definition) is 5. The predicted molar refractivity (Wildman–Crippen MR) is 141 cm³/mol. The minimum Gasteiger partial charge on any atom is -0.444 e. The molecule has 0 aliphatic heterocycles. The lowest BCUT2D eigenvalue weighted by atomic mass is 9.90. The average molecular weight is 504 g/mol. The van der Waals surface area contributed by atoms with E-state index in [9.17, 15) is 19.5 Å². The summed E-state index contributed by atoms with van der Waals surface area (Å²) in [4.78, 5) is 41.8. The Morgan fingerprint density at radius 1 is 1.06 bits per heavy atom. The van der Waals surface area contributed by atoms with E-state index in [0.717, 1.165) is 48.8 Å². The van der Waals surface area contributed by atoms with E-state index in [0.29, 0.717) is 0 Å². The Bertz CT molecular complexity index is 926. The smallest absolute Gasteiger partial charge is 0.408 e. The van der Waals surface area contributed by atoms with Crippen LogP contribution in [0.3, 0.4) is 0 Å². The molecule has 8 heteroatoms. The molecule has 2 atom stereocenters. The van der Waals surface area contributed by atoms with E-state index < -0.39 is 41.8 Å². The molecule has 1 aliphatic carbocycles. The normalized spacial score (nSPS) is 16.6. The summed E-state index contributed by atoms with van der Waals surface area (Å²) in [5, 5.41) is 15.8. The molecule has 1 aliphatic rings. The topological polar surface area (TPSA) is 108 Å². The highest BCUT2D eigenvalue weighted by atomic mass is 16.6. The predicted octanol–water partition coefficient (Wildman–Crippen LogP) is 4.31. The molecule has 0 radical (unpaired) electrons. The molecule has 0 bridgehead atoms. The number of aryl methyl sites for hydroxylation is 2. The Balaban J connectivity index is 2.51. The quantitative estimate of drug-likeness (QED) is 0.514. The first kappa shape index (κ1) is 29.6. The minimum absolute atomic E-state index is 0.0595. The number of carbonyl (C=O) groups is 3. The molecule has 0 heterocycles. The van der Waals surface area contributed by atoms with E-state index in [2.05, 4.69) is 10.6 Å². The van der Waals surface area contributed by atoms with E-state index in [4.69, 9.17) is 4.74 Å². The number of alkyl carbamates (subject to hydrolysis) is 1. The minimum atomic E-state index is -1.27. The Morgan fingerprint density at radius 3 is 2.19 bits per heavy atom. The van der Waals surface area contributed by atoms with Gasteiger partial charge in [0.15, 0.2) is 0 Å². The zero-order valence-electron chi connectivity index (χ0n) is 23.2. The summed E-state index contributed by atoms with van der Waals surface area (Å²) < 4.78 is 5.30. The van der Waals surface area contributed by atoms with Crippen molar-refractivity contribution in [2.45, 2.75) is 117 Å². The molecule has 0 saturated heterocycles. The summed E-state index contributed by atoms with van der Waals surface area (Å²) in [5.74, 6) is -0.812. The van der Waals surface area contributed by atoms with Gasteiger partial charge >= 0.3 is 6.09 Å². The zero-order chi connectivity index (χ0) is 27.3. The zero-order valence-corrected chi connectivity index (χ0v) is 23.2. The van der Waals surface area contributed by atoms with Crippen LogP contribution in [0.5, 0.6) is 0 Å². The van der Waals surface area contributed by atoms with Crippen molar-refractivity contribution in [2.75, 3.05) is 6.61 Å². The number of aliphatic hydroxyl groups is 1. The molecule has 202 valence electrons. The van der Waals surface area contributed by atoms with Crippen molar-refractivity contribution in [1.82, 2.24) is 15.5 Å². The maximum Gasteiger partial charge on any atom is 0.408 e. The van der Waals surface area contributed by atoms with Crippen LogP contribution >= 0.6 is 0 Å². The van der Waals surface area contributed by atoms with E-state index in [1.165, 1.54) is 4.90 Å². The molecule has 3 N–H and O–H groups in total. The number of rotatable bonds is 7. The van der Waals surface area contributed by atoms with Gasteiger partial charge in [0.25, 0.3) is 0 Å². The summed E-state index contributed by atoms with van der Waals surface area (Å²) in [6.45, 7) is 13.9. The van der Waals surface area contributed by atoms with Gasteiger partial charge in [0, 0.05) is 11.6 Å². The molecule has 1 fully saturated rings. The summed E-state index contributed by atoms with van der Waals surface area (Å²) in [6.07, 6.45) is 4.30. The second kappa shape index (κ2) is 12.1. The number of amides is 3. The fourth-order valence-electron chi connectivity index (χ4n) is 4.63. The second-order valence-corrected chi connectivity index (χ2v) is 11.9. The van der Waals surface area contributed by atoms with Gasteiger partial charge in [0.2, 0.25) is 11.8 Å². The highest BCUT2D eigenvalue weighted by Crippen LogP contribution is 2.33. The Kier molecular flexibility index (Phi) is 9.94. The van der Waals surface area contributed by atoms with Crippen LogP contribution in [0.2, 0.25) is 0 Å². The van der Waals surface area contributed by atoms with Gasteiger partial charge in [-0.3, -0.25) is 9.59 Å². The van der Waals surface area contributed by atoms with Crippen LogP contribution < -0.4 is 10.6 Å². The Morgan fingerprint density at radius 2 is 1.67 bits per heavy atom. The third-order valence-corrected chi connectivity index (χ3v) is 6.32. The van der Waals surface area contributed by atoms with E-state index in [1.807, 2.05) is 52.8 Å². The van der Waals surface area contributed by atoms with Crippen LogP contribution in [0, 0.1) is 13.8 Å². The maximum absolute atomic E-state index is 13.9. The van der Waals surface area contributed by atoms with Crippen LogP contribution in [0.15, 0.2) is 18.2 Å². The number of hydrogen-bond donors (Lipinski definition) is 3. The van der Waals surface area contributed by atoms with Crippen molar-refractivity contribution in [3.05, 3.63) is 34.9 Å². The molecule has 1 saturated carbocycles. The van der Waals surface area contributed by atoms with Gasteiger partial charge in [0.05, 0.1) is 6.61 Å². The summed E-state index contributed by atoms with van der Waals surface area (Å²) >= 11 is 0. The lowest BCUT2D eigenvalue weighted by Crippen LogP contribution is -2.60. The monoisotopic (exact) mass is 503 g/mol. The van der Waals surface area contributed by atoms with Crippen LogP contribution in [-0.4, -0.2) is 57.7 Å². The van der Waals surface area contributed by atoms with Crippen molar-refractivity contribution in [3.63, 3.8) is 0 Å². The largest absolute Gasteiger partial charge is 0.444 e. The third-order valence-electron chi connectivity index (χ3n) is 6.32. The molecule has 0 spiro atoms. The van der Waals surface area contributed by atoms with E-state index >= 15 is 0 Å². The fraction of sp³-hybridized carbons (Fsp3) is 0.679. The Labute approximate surface area is 216 Å². The Hall–Kier alpha value is -2.61.